The summed E-state index contributed by atoms with van der Waals surface area (Å²) in [7, 11) is 0. The normalized spacial score (nSPS) is 12.0. The highest BCUT2D eigenvalue weighted by Gasteiger charge is 2.23. The Morgan fingerprint density at radius 1 is 1.28 bits per heavy atom. The molecule has 0 aliphatic carbocycles. The Morgan fingerprint density at radius 2 is 1.89 bits per heavy atom. The van der Waals surface area contributed by atoms with E-state index in [-0.39, 0.29) is 6.54 Å². The van der Waals surface area contributed by atoms with Crippen LogP contribution >= 0.6 is 0 Å². The molecule has 0 spiro atoms. The van der Waals surface area contributed by atoms with Gasteiger partial charge in [0.2, 0.25) is 5.91 Å². The first kappa shape index (κ1) is 16.4. The number of hydrogen-bond acceptors (Lipinski definition) is 4. The van der Waals surface area contributed by atoms with Gasteiger partial charge in [-0.2, -0.15) is 0 Å². The predicted molar refractivity (Wildman–Crippen MR) is 66.2 cm³/mol. The maximum atomic E-state index is 11.7. The first-order valence-electron chi connectivity index (χ1n) is 5.96. The molecule has 7 heteroatoms. The van der Waals surface area contributed by atoms with Crippen LogP contribution in [-0.4, -0.2) is 53.6 Å². The lowest BCUT2D eigenvalue weighted by Crippen LogP contribution is -2.51. The van der Waals surface area contributed by atoms with Gasteiger partial charge in [0, 0.05) is 6.54 Å². The molecule has 0 bridgehead atoms. The number of hydrogen-bond donors (Lipinski definition) is 3. The van der Waals surface area contributed by atoms with Gasteiger partial charge in [-0.1, -0.05) is 6.92 Å². The lowest BCUT2D eigenvalue weighted by atomic mass is 10.2. The number of carbonyl (C=O) groups is 3. The van der Waals surface area contributed by atoms with Crippen LogP contribution in [0.1, 0.15) is 27.2 Å². The van der Waals surface area contributed by atoms with E-state index in [2.05, 4.69) is 10.6 Å². The largest absolute Gasteiger partial charge is 0.480 e. The number of nitrogens with zero attached hydrogens (tertiary/aromatic N) is 1. The molecule has 3 amide bonds. The van der Waals surface area contributed by atoms with Gasteiger partial charge < -0.3 is 10.4 Å². The van der Waals surface area contributed by atoms with Crippen LogP contribution in [0.15, 0.2) is 0 Å². The van der Waals surface area contributed by atoms with Crippen LogP contribution in [0, 0.1) is 0 Å². The van der Waals surface area contributed by atoms with E-state index in [9.17, 15) is 14.4 Å². The molecule has 18 heavy (non-hydrogen) atoms. The van der Waals surface area contributed by atoms with Gasteiger partial charge in [-0.05, 0) is 26.8 Å². The first-order chi connectivity index (χ1) is 8.42. The van der Waals surface area contributed by atoms with Crippen molar-refractivity contribution in [3.8, 4) is 0 Å². The summed E-state index contributed by atoms with van der Waals surface area (Å²) in [6.07, 6.45) is 0.728. The fraction of sp³-hybridized carbons (Fsp3) is 0.727. The summed E-state index contributed by atoms with van der Waals surface area (Å²) in [6, 6.07) is -1.23. The van der Waals surface area contributed by atoms with Crippen molar-refractivity contribution in [2.75, 3.05) is 19.6 Å². The minimum atomic E-state index is -0.999. The van der Waals surface area contributed by atoms with Crippen molar-refractivity contribution in [3.05, 3.63) is 0 Å². The molecule has 0 aliphatic rings. The van der Waals surface area contributed by atoms with E-state index < -0.39 is 23.9 Å². The van der Waals surface area contributed by atoms with Crippen LogP contribution < -0.4 is 10.6 Å². The van der Waals surface area contributed by atoms with Crippen LogP contribution in [-0.2, 0) is 9.59 Å². The molecule has 0 radical (unpaired) electrons. The molecule has 1 atom stereocenters. The second-order valence-electron chi connectivity index (χ2n) is 3.89. The van der Waals surface area contributed by atoms with Crippen molar-refractivity contribution in [1.29, 1.82) is 0 Å². The maximum Gasteiger partial charge on any atom is 0.321 e. The molecule has 3 N–H and O–H groups in total. The minimum Gasteiger partial charge on any atom is -0.480 e. The number of urea groups is 1. The number of carboxylic acid groups (broad SMARTS) is 1. The van der Waals surface area contributed by atoms with Crippen LogP contribution in [0.4, 0.5) is 4.79 Å². The molecule has 0 aromatic heterocycles. The van der Waals surface area contributed by atoms with E-state index in [1.54, 1.807) is 13.8 Å². The molecular formula is C11H21N3O4. The number of amides is 3. The lowest BCUT2D eigenvalue weighted by Gasteiger charge is -2.25. The van der Waals surface area contributed by atoms with E-state index >= 15 is 0 Å². The zero-order valence-corrected chi connectivity index (χ0v) is 11.0. The third-order valence-electron chi connectivity index (χ3n) is 2.35. The Hall–Kier alpha value is -1.63. The Kier molecular flexibility index (Phi) is 7.69. The van der Waals surface area contributed by atoms with Crippen molar-refractivity contribution in [2.24, 2.45) is 0 Å². The molecule has 0 rings (SSSR count). The predicted octanol–water partition coefficient (Wildman–Crippen LogP) is 0.0172. The van der Waals surface area contributed by atoms with Gasteiger partial charge in [-0.15, -0.1) is 0 Å². The third-order valence-corrected chi connectivity index (χ3v) is 2.35. The molecule has 0 aliphatic heterocycles. The van der Waals surface area contributed by atoms with Crippen molar-refractivity contribution in [1.82, 2.24) is 15.5 Å². The molecule has 0 heterocycles. The molecular weight excluding hydrogens is 238 g/mol. The summed E-state index contributed by atoms with van der Waals surface area (Å²) in [4.78, 5) is 35.1. The summed E-state index contributed by atoms with van der Waals surface area (Å²) in [6.45, 7) is 5.88. The van der Waals surface area contributed by atoms with Gasteiger partial charge >= 0.3 is 12.0 Å². The van der Waals surface area contributed by atoms with E-state index in [0.717, 1.165) is 6.42 Å². The van der Waals surface area contributed by atoms with Gasteiger partial charge in [-0.25, -0.2) is 4.79 Å². The standard InChI is InChI=1S/C11H21N3O4/c1-4-6-14(7-9(15)16)8(3)10(17)13-11(18)12-5-2/h8H,4-7H2,1-3H3,(H,15,16)(H2,12,13,17,18). The van der Waals surface area contributed by atoms with Crippen LogP contribution in [0.25, 0.3) is 0 Å². The summed E-state index contributed by atoms with van der Waals surface area (Å²) in [5.41, 5.74) is 0. The number of carboxylic acids is 1. The summed E-state index contributed by atoms with van der Waals surface area (Å²) in [5.74, 6) is -1.50. The lowest BCUT2D eigenvalue weighted by molar-refractivity contribution is -0.139. The van der Waals surface area contributed by atoms with Crippen LogP contribution in [0.5, 0.6) is 0 Å². The monoisotopic (exact) mass is 259 g/mol. The number of rotatable bonds is 7. The van der Waals surface area contributed by atoms with Crippen molar-refractivity contribution < 1.29 is 19.5 Å². The highest BCUT2D eigenvalue weighted by Crippen LogP contribution is 2.00. The molecule has 0 aromatic carbocycles. The van der Waals surface area contributed by atoms with Crippen molar-refractivity contribution in [3.63, 3.8) is 0 Å². The maximum absolute atomic E-state index is 11.7. The first-order valence-corrected chi connectivity index (χ1v) is 5.96. The van der Waals surface area contributed by atoms with Crippen LogP contribution in [0.3, 0.4) is 0 Å². The quantitative estimate of drug-likeness (QED) is 0.598. The van der Waals surface area contributed by atoms with Crippen molar-refractivity contribution in [2.45, 2.75) is 33.2 Å². The minimum absolute atomic E-state index is 0.224. The average molecular weight is 259 g/mol. The number of nitrogens with one attached hydrogen (secondary N) is 2. The summed E-state index contributed by atoms with van der Waals surface area (Å²) < 4.78 is 0. The number of imide groups is 1. The third kappa shape index (κ3) is 6.19. The smallest absolute Gasteiger partial charge is 0.321 e. The SMILES string of the molecule is CCCN(CC(=O)O)C(C)C(=O)NC(=O)NCC. The molecule has 0 saturated carbocycles. The Labute approximate surface area is 107 Å². The molecule has 0 aromatic rings. The van der Waals surface area contributed by atoms with E-state index in [1.807, 2.05) is 6.92 Å². The highest BCUT2D eigenvalue weighted by atomic mass is 16.4. The van der Waals surface area contributed by atoms with Crippen LogP contribution in [0.2, 0.25) is 0 Å². The number of aliphatic carboxylic acids is 1. The zero-order chi connectivity index (χ0) is 14.1. The molecule has 0 saturated heterocycles. The highest BCUT2D eigenvalue weighted by molar-refractivity contribution is 5.96. The topological polar surface area (TPSA) is 98.7 Å². The second-order valence-corrected chi connectivity index (χ2v) is 3.89. The second kappa shape index (κ2) is 8.46. The zero-order valence-electron chi connectivity index (χ0n) is 11.0. The van der Waals surface area contributed by atoms with Gasteiger partial charge in [0.1, 0.15) is 0 Å². The van der Waals surface area contributed by atoms with E-state index in [4.69, 9.17) is 5.11 Å². The number of carbonyl (C=O) groups excluding carboxylic acids is 2. The van der Waals surface area contributed by atoms with Crippen molar-refractivity contribution >= 4 is 17.9 Å². The van der Waals surface area contributed by atoms with Gasteiger partial charge in [0.25, 0.3) is 0 Å². The fourth-order valence-electron chi connectivity index (χ4n) is 1.46. The molecule has 7 nitrogen and oxygen atoms in total. The van der Waals surface area contributed by atoms with Gasteiger partial charge in [0.05, 0.1) is 12.6 Å². The molecule has 104 valence electrons. The van der Waals surface area contributed by atoms with E-state index in [1.165, 1.54) is 4.90 Å². The van der Waals surface area contributed by atoms with Gasteiger partial charge in [-0.3, -0.25) is 19.8 Å². The molecule has 0 fully saturated rings. The summed E-state index contributed by atoms with van der Waals surface area (Å²) in [5, 5.41) is 13.4. The molecule has 1 unspecified atom stereocenters. The Morgan fingerprint density at radius 3 is 2.33 bits per heavy atom. The Balaban J connectivity index is 4.45. The van der Waals surface area contributed by atoms with Gasteiger partial charge in [0.15, 0.2) is 0 Å². The van der Waals surface area contributed by atoms with E-state index in [0.29, 0.717) is 13.1 Å². The Bertz CT molecular complexity index is 307. The fourth-order valence-corrected chi connectivity index (χ4v) is 1.46. The summed E-state index contributed by atoms with van der Waals surface area (Å²) >= 11 is 0. The average Bonchev–Trinajstić information content (AvgIpc) is 2.27.